The van der Waals surface area contributed by atoms with Crippen molar-refractivity contribution in [1.82, 2.24) is 10.3 Å². The van der Waals surface area contributed by atoms with Crippen molar-refractivity contribution in [3.05, 3.63) is 77.7 Å². The number of nitrogens with one attached hydrogen (secondary N) is 1. The van der Waals surface area contributed by atoms with E-state index >= 15 is 0 Å². The number of nitrogens with zero attached hydrogens (tertiary/aromatic N) is 2. The van der Waals surface area contributed by atoms with Crippen molar-refractivity contribution in [2.45, 2.75) is 25.4 Å². The van der Waals surface area contributed by atoms with Gasteiger partial charge in [-0.05, 0) is 59.9 Å². The molecule has 0 atom stereocenters. The summed E-state index contributed by atoms with van der Waals surface area (Å²) < 4.78 is 49.0. The summed E-state index contributed by atoms with van der Waals surface area (Å²) in [4.78, 5) is 17.9. The maximum Gasteiger partial charge on any atom is 0.404 e. The van der Waals surface area contributed by atoms with Crippen molar-refractivity contribution >= 4 is 22.7 Å². The Hall–Kier alpha value is -4.31. The number of amides is 1. The van der Waals surface area contributed by atoms with Gasteiger partial charge in [0.2, 0.25) is 0 Å². The number of anilines is 1. The third-order valence-corrected chi connectivity index (χ3v) is 7.00. The molecule has 0 radical (unpaired) electrons. The summed E-state index contributed by atoms with van der Waals surface area (Å²) in [6.45, 7) is 0.978. The van der Waals surface area contributed by atoms with Gasteiger partial charge in [-0.3, -0.25) is 4.98 Å². The molecule has 1 amide bonds. The molecule has 2 heterocycles. The maximum atomic E-state index is 14.8. The van der Waals surface area contributed by atoms with E-state index in [0.29, 0.717) is 46.4 Å². The molecule has 0 bridgehead atoms. The van der Waals surface area contributed by atoms with Crippen LogP contribution in [-0.4, -0.2) is 42.4 Å². The lowest BCUT2D eigenvalue weighted by Gasteiger charge is -2.34. The smallest absolute Gasteiger partial charge is 0.404 e. The fourth-order valence-electron chi connectivity index (χ4n) is 5.06. The number of pyridine rings is 1. The molecule has 39 heavy (non-hydrogen) atoms. The van der Waals surface area contributed by atoms with Gasteiger partial charge in [0.1, 0.15) is 23.2 Å². The van der Waals surface area contributed by atoms with E-state index in [1.165, 1.54) is 25.3 Å². The molecule has 1 fully saturated rings. The topological polar surface area (TPSA) is 101 Å². The number of piperidine rings is 1. The van der Waals surface area contributed by atoms with E-state index in [4.69, 9.17) is 15.6 Å². The van der Waals surface area contributed by atoms with Crippen LogP contribution in [0, 0.1) is 17.5 Å². The minimum atomic E-state index is -1.33. The largest absolute Gasteiger partial charge is 0.497 e. The number of carboxylic acid groups (broad SMARTS) is 1. The molecule has 0 aliphatic carbocycles. The van der Waals surface area contributed by atoms with Gasteiger partial charge in [-0.15, -0.1) is 0 Å². The van der Waals surface area contributed by atoms with E-state index in [2.05, 4.69) is 15.2 Å². The Kier molecular flexibility index (Phi) is 7.30. The summed E-state index contributed by atoms with van der Waals surface area (Å²) >= 11 is 0. The number of rotatable bonds is 6. The maximum absolute atomic E-state index is 14.8. The second kappa shape index (κ2) is 10.8. The molecule has 1 aromatic heterocycles. The van der Waals surface area contributed by atoms with E-state index in [-0.39, 0.29) is 23.7 Å². The predicted molar refractivity (Wildman–Crippen MR) is 143 cm³/mol. The van der Waals surface area contributed by atoms with Gasteiger partial charge < -0.3 is 25.8 Å². The highest BCUT2D eigenvalue weighted by Crippen LogP contribution is 2.41. The van der Waals surface area contributed by atoms with Crippen LogP contribution < -0.4 is 20.7 Å². The van der Waals surface area contributed by atoms with Crippen molar-refractivity contribution in [2.75, 3.05) is 25.1 Å². The number of methoxy groups -OCH3 is 1. The third-order valence-electron chi connectivity index (χ3n) is 7.00. The molecule has 0 spiro atoms. The molecule has 4 N–H and O–H groups in total. The van der Waals surface area contributed by atoms with Gasteiger partial charge in [0.05, 0.1) is 18.3 Å². The molecule has 7 nitrogen and oxygen atoms in total. The number of nitrogens with two attached hydrogens (primary N) is 1. The van der Waals surface area contributed by atoms with E-state index in [0.717, 1.165) is 24.6 Å². The highest BCUT2D eigenvalue weighted by molar-refractivity contribution is 6.02. The molecule has 1 aliphatic heterocycles. The van der Waals surface area contributed by atoms with Gasteiger partial charge >= 0.3 is 6.09 Å². The first-order valence-electron chi connectivity index (χ1n) is 12.5. The van der Waals surface area contributed by atoms with Crippen molar-refractivity contribution in [3.8, 4) is 28.0 Å². The molecule has 202 valence electrons. The summed E-state index contributed by atoms with van der Waals surface area (Å²) in [6.07, 6.45) is 1.88. The minimum absolute atomic E-state index is 0.0163. The number of fused-ring (bicyclic) bond motifs is 1. The van der Waals surface area contributed by atoms with Crippen LogP contribution in [0.5, 0.6) is 5.75 Å². The number of benzene rings is 3. The Bertz CT molecular complexity index is 1560. The second-order valence-electron chi connectivity index (χ2n) is 9.53. The lowest BCUT2D eigenvalue weighted by atomic mass is 9.94. The van der Waals surface area contributed by atoms with E-state index in [9.17, 15) is 18.0 Å². The van der Waals surface area contributed by atoms with Gasteiger partial charge in [0, 0.05) is 60.5 Å². The van der Waals surface area contributed by atoms with Crippen LogP contribution in [0.2, 0.25) is 0 Å². The zero-order chi connectivity index (χ0) is 27.7. The van der Waals surface area contributed by atoms with Crippen LogP contribution in [0.25, 0.3) is 33.2 Å². The van der Waals surface area contributed by atoms with Crippen molar-refractivity contribution in [2.24, 2.45) is 5.73 Å². The highest BCUT2D eigenvalue weighted by atomic mass is 19.1. The molecule has 0 saturated carbocycles. The minimum Gasteiger partial charge on any atom is -0.497 e. The van der Waals surface area contributed by atoms with Crippen molar-refractivity contribution in [1.29, 1.82) is 0 Å². The predicted octanol–water partition coefficient (Wildman–Crippen LogP) is 5.69. The van der Waals surface area contributed by atoms with Crippen molar-refractivity contribution in [3.63, 3.8) is 0 Å². The van der Waals surface area contributed by atoms with Crippen LogP contribution >= 0.6 is 0 Å². The number of ether oxygens (including phenoxy) is 1. The first-order chi connectivity index (χ1) is 18.7. The van der Waals surface area contributed by atoms with Crippen molar-refractivity contribution < 1.29 is 27.8 Å². The first-order valence-corrected chi connectivity index (χ1v) is 12.5. The number of carbonyl (C=O) groups is 1. The monoisotopic (exact) mass is 536 g/mol. The van der Waals surface area contributed by atoms with Gasteiger partial charge in [0.25, 0.3) is 0 Å². The molecular weight excluding hydrogens is 509 g/mol. The van der Waals surface area contributed by atoms with Crippen LogP contribution in [0.15, 0.2) is 54.7 Å². The lowest BCUT2D eigenvalue weighted by molar-refractivity contribution is 0.194. The molecule has 3 aromatic carbocycles. The Morgan fingerprint density at radius 3 is 2.51 bits per heavy atom. The summed E-state index contributed by atoms with van der Waals surface area (Å²) in [5, 5.41) is 11.9. The van der Waals surface area contributed by atoms with Crippen LogP contribution in [-0.2, 0) is 6.54 Å². The number of aromatic nitrogens is 1. The summed E-state index contributed by atoms with van der Waals surface area (Å²) in [7, 11) is 1.46. The Labute approximate surface area is 223 Å². The number of hydrogen-bond donors (Lipinski definition) is 3. The first kappa shape index (κ1) is 26.3. The van der Waals surface area contributed by atoms with Gasteiger partial charge in [-0.1, -0.05) is 6.07 Å². The highest BCUT2D eigenvalue weighted by Gasteiger charge is 2.23. The zero-order valence-corrected chi connectivity index (χ0v) is 21.2. The van der Waals surface area contributed by atoms with Gasteiger partial charge in [0.15, 0.2) is 0 Å². The Morgan fingerprint density at radius 2 is 1.79 bits per heavy atom. The quantitative estimate of drug-likeness (QED) is 0.293. The Balaban J connectivity index is 1.74. The van der Waals surface area contributed by atoms with E-state index in [1.54, 1.807) is 30.5 Å². The molecule has 5 rings (SSSR count). The summed E-state index contributed by atoms with van der Waals surface area (Å²) in [5.74, 6) is -1.75. The van der Waals surface area contributed by atoms with Gasteiger partial charge in [-0.2, -0.15) is 0 Å². The number of hydrogen-bond acceptors (Lipinski definition) is 5. The molecule has 10 heteroatoms. The SMILES string of the molecule is COc1cc(F)cc(-c2cnc3ccc(-c4cc(F)cc(F)c4CNC(=O)O)cc3c2N2CCC(N)CC2)c1. The average Bonchev–Trinajstić information content (AvgIpc) is 2.91. The zero-order valence-electron chi connectivity index (χ0n) is 21.2. The number of halogens is 3. The normalized spacial score (nSPS) is 14.0. The van der Waals surface area contributed by atoms with E-state index < -0.39 is 23.5 Å². The second-order valence-corrected chi connectivity index (χ2v) is 9.53. The Morgan fingerprint density at radius 1 is 1.05 bits per heavy atom. The molecule has 1 aliphatic rings. The fraction of sp³-hybridized carbons (Fsp3) is 0.241. The standard InChI is InChI=1S/C29H27F3N4O3/c1-39-21-9-17(8-18(30)11-21)24-14-34-27-3-2-16(10-23(27)28(24)36-6-4-20(33)5-7-36)22-12-19(31)13-26(32)25(22)15-35-29(37)38/h2-3,8-14,20,35H,4-7,15,33H2,1H3,(H,37,38). The van der Waals surface area contributed by atoms with E-state index in [1.807, 2.05) is 0 Å². The molecule has 1 saturated heterocycles. The fourth-order valence-corrected chi connectivity index (χ4v) is 5.06. The van der Waals surface area contributed by atoms with Crippen LogP contribution in [0.1, 0.15) is 18.4 Å². The third kappa shape index (κ3) is 5.46. The molecular formula is C29H27F3N4O3. The summed E-state index contributed by atoms with van der Waals surface area (Å²) in [6, 6.07) is 11.6. The van der Waals surface area contributed by atoms with Crippen LogP contribution in [0.4, 0.5) is 23.7 Å². The molecule has 4 aromatic rings. The van der Waals surface area contributed by atoms with Crippen LogP contribution in [0.3, 0.4) is 0 Å². The molecule has 0 unspecified atom stereocenters. The summed E-state index contributed by atoms with van der Waals surface area (Å²) in [5.41, 5.74) is 9.55. The lowest BCUT2D eigenvalue weighted by Crippen LogP contribution is -2.40. The van der Waals surface area contributed by atoms with Gasteiger partial charge in [-0.25, -0.2) is 18.0 Å². The average molecular weight is 537 g/mol.